The minimum atomic E-state index is -0.0155. The molecule has 1 aromatic carbocycles. The summed E-state index contributed by atoms with van der Waals surface area (Å²) in [5, 5.41) is 9.43. The van der Waals surface area contributed by atoms with Crippen LogP contribution in [0.25, 0.3) is 10.6 Å². The Morgan fingerprint density at radius 2 is 2.23 bits per heavy atom. The van der Waals surface area contributed by atoms with E-state index in [9.17, 15) is 4.79 Å². The summed E-state index contributed by atoms with van der Waals surface area (Å²) in [5.41, 5.74) is 4.03. The molecule has 1 aliphatic rings. The normalized spacial score (nSPS) is 17.4. The van der Waals surface area contributed by atoms with Crippen LogP contribution in [0.5, 0.6) is 0 Å². The van der Waals surface area contributed by atoms with Gasteiger partial charge in [-0.2, -0.15) is 5.10 Å². The highest BCUT2D eigenvalue weighted by Gasteiger charge is 2.27. The fourth-order valence-electron chi connectivity index (χ4n) is 4.15. The van der Waals surface area contributed by atoms with Gasteiger partial charge in [0.2, 0.25) is 5.91 Å². The Morgan fingerprint density at radius 3 is 3.10 bits per heavy atom. The van der Waals surface area contributed by atoms with E-state index in [0.717, 1.165) is 54.5 Å². The molecular weight excluding hydrogens is 396 g/mol. The van der Waals surface area contributed by atoms with Crippen LogP contribution >= 0.6 is 11.3 Å². The number of likely N-dealkylation sites (tertiary alicyclic amines) is 1. The van der Waals surface area contributed by atoms with Gasteiger partial charge in [-0.1, -0.05) is 6.07 Å². The number of hydrogen-bond acceptors (Lipinski definition) is 5. The van der Waals surface area contributed by atoms with Crippen LogP contribution in [0.4, 0.5) is 5.69 Å². The Labute approximate surface area is 179 Å². The summed E-state index contributed by atoms with van der Waals surface area (Å²) < 4.78 is 3.96. The lowest BCUT2D eigenvalue weighted by atomic mass is 9.96. The van der Waals surface area contributed by atoms with E-state index >= 15 is 0 Å². The zero-order valence-corrected chi connectivity index (χ0v) is 17.7. The Hall–Kier alpha value is -2.97. The number of hydrogen-bond donors (Lipinski definition) is 1. The van der Waals surface area contributed by atoms with E-state index in [1.54, 1.807) is 22.2 Å². The van der Waals surface area contributed by atoms with Crippen LogP contribution < -0.4 is 5.32 Å². The van der Waals surface area contributed by atoms with Crippen molar-refractivity contribution in [2.75, 3.05) is 18.4 Å². The summed E-state index contributed by atoms with van der Waals surface area (Å²) in [6.45, 7) is 4.66. The smallest absolute Gasteiger partial charge is 0.228 e. The van der Waals surface area contributed by atoms with Crippen molar-refractivity contribution >= 4 is 27.9 Å². The fourth-order valence-corrected chi connectivity index (χ4v) is 4.93. The predicted octanol–water partition coefficient (Wildman–Crippen LogP) is 3.74. The molecule has 1 unspecified atom stereocenters. The number of fused-ring (bicyclic) bond motifs is 1. The number of nitrogens with zero attached hydrogens (tertiary/aromatic N) is 5. The zero-order chi connectivity index (χ0) is 20.5. The van der Waals surface area contributed by atoms with Crippen molar-refractivity contribution in [1.29, 1.82) is 0 Å². The Morgan fingerprint density at radius 1 is 1.30 bits per heavy atom. The molecule has 5 rings (SSSR count). The van der Waals surface area contributed by atoms with Gasteiger partial charge in [0.25, 0.3) is 0 Å². The highest BCUT2D eigenvalue weighted by atomic mass is 32.1. The van der Waals surface area contributed by atoms with Crippen molar-refractivity contribution in [3.05, 3.63) is 65.7 Å². The second-order valence-electron chi connectivity index (χ2n) is 7.76. The molecule has 30 heavy (non-hydrogen) atoms. The number of nitrogens with one attached hydrogen (secondary N) is 1. The molecule has 1 atom stereocenters. The quantitative estimate of drug-likeness (QED) is 0.534. The average molecular weight is 421 g/mol. The lowest BCUT2D eigenvalue weighted by molar-refractivity contribution is -0.121. The first-order valence-electron chi connectivity index (χ1n) is 10.2. The van der Waals surface area contributed by atoms with Gasteiger partial charge in [-0.3, -0.25) is 14.1 Å². The van der Waals surface area contributed by atoms with Crippen LogP contribution in [-0.4, -0.2) is 43.1 Å². The van der Waals surface area contributed by atoms with Gasteiger partial charge in [0.05, 0.1) is 23.0 Å². The first-order valence-corrected chi connectivity index (χ1v) is 11.1. The van der Waals surface area contributed by atoms with Crippen molar-refractivity contribution in [1.82, 2.24) is 24.1 Å². The van der Waals surface area contributed by atoms with E-state index in [1.165, 1.54) is 5.69 Å². The summed E-state index contributed by atoms with van der Waals surface area (Å²) in [5.74, 6) is 0.0707. The molecule has 1 N–H and O–H groups in total. The summed E-state index contributed by atoms with van der Waals surface area (Å²) in [6.07, 6.45) is 7.66. The largest absolute Gasteiger partial charge is 0.326 e. The molecule has 1 fully saturated rings. The topological polar surface area (TPSA) is 67.5 Å². The van der Waals surface area contributed by atoms with Crippen molar-refractivity contribution in [2.24, 2.45) is 5.92 Å². The number of carbonyl (C=O) groups is 1. The zero-order valence-electron chi connectivity index (χ0n) is 16.9. The minimum absolute atomic E-state index is 0.0155. The van der Waals surface area contributed by atoms with Crippen molar-refractivity contribution in [2.45, 2.75) is 26.3 Å². The first-order chi connectivity index (χ1) is 14.7. The van der Waals surface area contributed by atoms with Crippen molar-refractivity contribution < 1.29 is 4.79 Å². The third-order valence-electron chi connectivity index (χ3n) is 5.69. The molecule has 0 bridgehead atoms. The minimum Gasteiger partial charge on any atom is -0.326 e. The average Bonchev–Trinajstić information content (AvgIpc) is 3.49. The summed E-state index contributed by atoms with van der Waals surface area (Å²) in [7, 11) is 0. The third kappa shape index (κ3) is 3.76. The van der Waals surface area contributed by atoms with Gasteiger partial charge in [-0.05, 0) is 50.6 Å². The lowest BCUT2D eigenvalue weighted by Gasteiger charge is -2.32. The van der Waals surface area contributed by atoms with Gasteiger partial charge in [0.1, 0.15) is 0 Å². The van der Waals surface area contributed by atoms with Crippen LogP contribution in [-0.2, 0) is 11.3 Å². The number of thiazole rings is 1. The van der Waals surface area contributed by atoms with Gasteiger partial charge in [-0.15, -0.1) is 11.3 Å². The molecule has 1 amide bonds. The van der Waals surface area contributed by atoms with Gasteiger partial charge in [0.15, 0.2) is 4.96 Å². The SMILES string of the molecule is Cc1nc2sccn2c1CN1CCCC(C(=O)Nc2cccc(-n3cccn3)c2)C1. The summed E-state index contributed by atoms with van der Waals surface area (Å²) in [6, 6.07) is 9.68. The molecule has 0 radical (unpaired) electrons. The molecule has 3 aromatic heterocycles. The first kappa shape index (κ1) is 19.0. The molecule has 0 spiro atoms. The van der Waals surface area contributed by atoms with E-state index < -0.39 is 0 Å². The molecule has 4 heterocycles. The van der Waals surface area contributed by atoms with Crippen LogP contribution in [0.15, 0.2) is 54.3 Å². The van der Waals surface area contributed by atoms with E-state index in [0.29, 0.717) is 0 Å². The number of carbonyl (C=O) groups excluding carboxylic acids is 1. The monoisotopic (exact) mass is 420 g/mol. The summed E-state index contributed by atoms with van der Waals surface area (Å²) >= 11 is 1.65. The van der Waals surface area contributed by atoms with Gasteiger partial charge in [-0.25, -0.2) is 9.67 Å². The van der Waals surface area contributed by atoms with E-state index in [2.05, 4.69) is 43.2 Å². The summed E-state index contributed by atoms with van der Waals surface area (Å²) in [4.78, 5) is 21.0. The number of benzene rings is 1. The molecule has 0 saturated carbocycles. The highest BCUT2D eigenvalue weighted by Crippen LogP contribution is 2.24. The van der Waals surface area contributed by atoms with E-state index in [4.69, 9.17) is 0 Å². The van der Waals surface area contributed by atoms with E-state index in [-0.39, 0.29) is 11.8 Å². The third-order valence-corrected chi connectivity index (χ3v) is 6.45. The Bertz CT molecular complexity index is 1160. The van der Waals surface area contributed by atoms with E-state index in [1.807, 2.05) is 36.5 Å². The van der Waals surface area contributed by atoms with Crippen LogP contribution in [0, 0.1) is 12.8 Å². The Balaban J connectivity index is 1.26. The number of amides is 1. The maximum absolute atomic E-state index is 13.0. The number of piperidine rings is 1. The van der Waals surface area contributed by atoms with Crippen LogP contribution in [0.1, 0.15) is 24.2 Å². The second kappa shape index (κ2) is 8.04. The maximum atomic E-state index is 13.0. The van der Waals surface area contributed by atoms with Crippen LogP contribution in [0.3, 0.4) is 0 Å². The van der Waals surface area contributed by atoms with Gasteiger partial charge >= 0.3 is 0 Å². The highest BCUT2D eigenvalue weighted by molar-refractivity contribution is 7.15. The fraction of sp³-hybridized carbons (Fsp3) is 0.318. The lowest BCUT2D eigenvalue weighted by Crippen LogP contribution is -2.40. The standard InChI is InChI=1S/C22H24N6OS/c1-16-20(27-11-12-30-22(27)24-16)15-26-9-3-5-17(14-26)21(29)25-18-6-2-7-19(13-18)28-10-4-8-23-28/h2,4,6-8,10-13,17H,3,5,9,14-15H2,1H3,(H,25,29). The van der Waals surface area contributed by atoms with Crippen molar-refractivity contribution in [3.8, 4) is 5.69 Å². The predicted molar refractivity (Wildman–Crippen MR) is 118 cm³/mol. The van der Waals surface area contributed by atoms with Crippen molar-refractivity contribution in [3.63, 3.8) is 0 Å². The molecule has 0 aliphatic carbocycles. The molecule has 4 aromatic rings. The van der Waals surface area contributed by atoms with Crippen LogP contribution in [0.2, 0.25) is 0 Å². The molecular formula is C22H24N6OS. The number of aryl methyl sites for hydroxylation is 1. The number of anilines is 1. The second-order valence-corrected chi connectivity index (χ2v) is 8.64. The molecule has 154 valence electrons. The number of imidazole rings is 1. The Kier molecular flexibility index (Phi) is 5.10. The maximum Gasteiger partial charge on any atom is 0.228 e. The number of rotatable bonds is 5. The molecule has 1 saturated heterocycles. The number of aromatic nitrogens is 4. The molecule has 8 heteroatoms. The molecule has 1 aliphatic heterocycles. The van der Waals surface area contributed by atoms with Gasteiger partial charge < -0.3 is 5.32 Å². The molecule has 7 nitrogen and oxygen atoms in total. The van der Waals surface area contributed by atoms with Gasteiger partial charge in [0, 0.05) is 42.7 Å².